The molecule has 0 unspecified atom stereocenters. The van der Waals surface area contributed by atoms with Crippen LogP contribution in [0, 0.1) is 10.1 Å². The molecule has 7 nitrogen and oxygen atoms in total. The Hall–Kier alpha value is -1.63. The van der Waals surface area contributed by atoms with E-state index in [2.05, 4.69) is 4.99 Å². The Labute approximate surface area is 74.9 Å². The van der Waals surface area contributed by atoms with Gasteiger partial charge >= 0.3 is 5.70 Å². The van der Waals surface area contributed by atoms with Crippen LogP contribution < -0.4 is 11.5 Å². The zero-order chi connectivity index (χ0) is 10.4. The highest BCUT2D eigenvalue weighted by molar-refractivity contribution is 5.95. The van der Waals surface area contributed by atoms with Crippen LogP contribution in [-0.4, -0.2) is 29.0 Å². The molecule has 0 aromatic rings. The maximum Gasteiger partial charge on any atom is 0.328 e. The first-order valence-corrected chi connectivity index (χ1v) is 3.52. The van der Waals surface area contributed by atoms with E-state index >= 15 is 0 Å². The van der Waals surface area contributed by atoms with Crippen molar-refractivity contribution in [3.8, 4) is 0 Å². The number of aliphatic imine (C=N–C) groups is 1. The lowest BCUT2D eigenvalue weighted by atomic mass is 10.3. The Balaban J connectivity index is 4.79. The van der Waals surface area contributed by atoms with Gasteiger partial charge in [0, 0.05) is 0 Å². The lowest BCUT2D eigenvalue weighted by Crippen LogP contribution is -2.24. The first-order chi connectivity index (χ1) is 6.00. The van der Waals surface area contributed by atoms with Gasteiger partial charge in [0.15, 0.2) is 5.84 Å². The topological polar surface area (TPSA) is 128 Å². The smallest absolute Gasteiger partial charge is 0.328 e. The molecule has 7 heteroatoms. The Bertz CT molecular complexity index is 255. The van der Waals surface area contributed by atoms with E-state index in [1.807, 2.05) is 0 Å². The summed E-state index contributed by atoms with van der Waals surface area (Å²) in [6.45, 7) is 1.17. The fourth-order valence-electron chi connectivity index (χ4n) is 0.685. The summed E-state index contributed by atoms with van der Waals surface area (Å²) >= 11 is 0. The molecule has 0 rings (SSSR count). The van der Waals surface area contributed by atoms with Crippen molar-refractivity contribution in [2.45, 2.75) is 6.92 Å². The third-order valence-electron chi connectivity index (χ3n) is 1.18. The Morgan fingerprint density at radius 3 is 2.46 bits per heavy atom. The second-order valence-corrected chi connectivity index (χ2v) is 2.28. The van der Waals surface area contributed by atoms with Crippen LogP contribution in [0.4, 0.5) is 0 Å². The van der Waals surface area contributed by atoms with Crippen molar-refractivity contribution in [3.05, 3.63) is 21.5 Å². The second-order valence-electron chi connectivity index (χ2n) is 2.28. The molecule has 0 amide bonds. The molecule has 0 aromatic heterocycles. The van der Waals surface area contributed by atoms with E-state index in [9.17, 15) is 10.1 Å². The predicted octanol–water partition coefficient (Wildman–Crippen LogP) is -1.20. The van der Waals surface area contributed by atoms with Crippen LogP contribution in [-0.2, 0) is 0 Å². The van der Waals surface area contributed by atoms with Crippen molar-refractivity contribution in [2.24, 2.45) is 16.5 Å². The van der Waals surface area contributed by atoms with Crippen molar-refractivity contribution in [2.75, 3.05) is 13.2 Å². The first kappa shape index (κ1) is 11.4. The molecule has 0 spiro atoms. The molecule has 0 aromatic carbocycles. The summed E-state index contributed by atoms with van der Waals surface area (Å²) in [5, 5.41) is 18.8. The molecule has 0 saturated heterocycles. The third kappa shape index (κ3) is 3.52. The van der Waals surface area contributed by atoms with Crippen molar-refractivity contribution in [1.82, 2.24) is 0 Å². The molecular formula is C6H12N4O3. The lowest BCUT2D eigenvalue weighted by Gasteiger charge is -1.99. The summed E-state index contributed by atoms with van der Waals surface area (Å²) in [7, 11) is 0. The van der Waals surface area contributed by atoms with Gasteiger partial charge in [-0.1, -0.05) is 0 Å². The van der Waals surface area contributed by atoms with Crippen LogP contribution in [0.3, 0.4) is 0 Å². The number of nitro groups is 1. The zero-order valence-electron chi connectivity index (χ0n) is 7.23. The summed E-state index contributed by atoms with van der Waals surface area (Å²) in [5.74, 6) is -0.265. The molecule has 0 atom stereocenters. The number of hydrogen-bond donors (Lipinski definition) is 3. The maximum absolute atomic E-state index is 10.4. The van der Waals surface area contributed by atoms with Gasteiger partial charge in [-0.3, -0.25) is 15.1 Å². The minimum absolute atomic E-state index is 0.0100. The SMILES string of the molecule is CC(N)=C(C(N)=NCCO)[N+](=O)[O-]. The van der Waals surface area contributed by atoms with Gasteiger partial charge in [-0.15, -0.1) is 0 Å². The number of nitrogens with two attached hydrogens (primary N) is 2. The highest BCUT2D eigenvalue weighted by Crippen LogP contribution is 1.99. The summed E-state index contributed by atoms with van der Waals surface area (Å²) < 4.78 is 0. The van der Waals surface area contributed by atoms with E-state index in [4.69, 9.17) is 16.6 Å². The molecular weight excluding hydrogens is 176 g/mol. The molecule has 0 fully saturated rings. The van der Waals surface area contributed by atoms with Crippen LogP contribution >= 0.6 is 0 Å². The normalized spacial score (nSPS) is 13.8. The Morgan fingerprint density at radius 1 is 1.62 bits per heavy atom. The quantitative estimate of drug-likeness (QED) is 0.221. The molecule has 0 radical (unpaired) electrons. The number of hydrogen-bond acceptors (Lipinski definition) is 5. The maximum atomic E-state index is 10.4. The van der Waals surface area contributed by atoms with Gasteiger partial charge in [0.1, 0.15) is 0 Å². The predicted molar refractivity (Wildman–Crippen MR) is 47.5 cm³/mol. The number of aliphatic hydroxyl groups excluding tert-OH is 1. The van der Waals surface area contributed by atoms with Crippen LogP contribution in [0.25, 0.3) is 0 Å². The van der Waals surface area contributed by atoms with Crippen molar-refractivity contribution < 1.29 is 10.0 Å². The van der Waals surface area contributed by atoms with Crippen LogP contribution in [0.2, 0.25) is 0 Å². The molecule has 5 N–H and O–H groups in total. The average molecular weight is 188 g/mol. The zero-order valence-corrected chi connectivity index (χ0v) is 7.23. The molecule has 0 aliphatic carbocycles. The van der Waals surface area contributed by atoms with Crippen LogP contribution in [0.5, 0.6) is 0 Å². The molecule has 74 valence electrons. The summed E-state index contributed by atoms with van der Waals surface area (Å²) in [6.07, 6.45) is 0. The molecule has 0 saturated carbocycles. The van der Waals surface area contributed by atoms with Crippen molar-refractivity contribution in [1.29, 1.82) is 0 Å². The minimum Gasteiger partial charge on any atom is -0.397 e. The standard InChI is InChI=1S/C6H12N4O3/c1-4(7)5(10(12)13)6(8)9-2-3-11/h11H,2-3,7H2,1H3,(H2,8,9). The summed E-state index contributed by atoms with van der Waals surface area (Å²) in [6, 6.07) is 0. The van der Waals surface area contributed by atoms with Gasteiger partial charge in [0.05, 0.1) is 23.8 Å². The average Bonchev–Trinajstić information content (AvgIpc) is 1.99. The fraction of sp³-hybridized carbons (Fsp3) is 0.500. The molecule has 0 aliphatic rings. The van der Waals surface area contributed by atoms with Gasteiger partial charge < -0.3 is 16.6 Å². The molecule has 13 heavy (non-hydrogen) atoms. The first-order valence-electron chi connectivity index (χ1n) is 3.52. The number of amidine groups is 1. The van der Waals surface area contributed by atoms with E-state index < -0.39 is 10.6 Å². The van der Waals surface area contributed by atoms with Crippen LogP contribution in [0.1, 0.15) is 6.92 Å². The highest BCUT2D eigenvalue weighted by Gasteiger charge is 2.18. The van der Waals surface area contributed by atoms with Gasteiger partial charge in [-0.05, 0) is 6.92 Å². The van der Waals surface area contributed by atoms with Gasteiger partial charge in [-0.2, -0.15) is 0 Å². The largest absolute Gasteiger partial charge is 0.397 e. The monoisotopic (exact) mass is 188 g/mol. The van der Waals surface area contributed by atoms with E-state index in [0.717, 1.165) is 0 Å². The van der Waals surface area contributed by atoms with E-state index in [-0.39, 0.29) is 24.7 Å². The molecule has 0 bridgehead atoms. The second kappa shape index (κ2) is 5.09. The van der Waals surface area contributed by atoms with E-state index in [1.54, 1.807) is 0 Å². The fourth-order valence-corrected chi connectivity index (χ4v) is 0.685. The van der Waals surface area contributed by atoms with E-state index in [0.29, 0.717) is 0 Å². The lowest BCUT2D eigenvalue weighted by molar-refractivity contribution is -0.416. The van der Waals surface area contributed by atoms with Crippen LogP contribution in [0.15, 0.2) is 16.4 Å². The Morgan fingerprint density at radius 2 is 2.15 bits per heavy atom. The number of aliphatic hydroxyl groups is 1. The number of nitrogens with zero attached hydrogens (tertiary/aromatic N) is 2. The van der Waals surface area contributed by atoms with Gasteiger partial charge in [0.25, 0.3) is 0 Å². The molecule has 0 aliphatic heterocycles. The summed E-state index contributed by atoms with van der Waals surface area (Å²) in [4.78, 5) is 13.2. The molecule has 0 heterocycles. The van der Waals surface area contributed by atoms with Crippen molar-refractivity contribution in [3.63, 3.8) is 0 Å². The van der Waals surface area contributed by atoms with E-state index in [1.165, 1.54) is 6.92 Å². The van der Waals surface area contributed by atoms with Crippen molar-refractivity contribution >= 4 is 5.84 Å². The van der Waals surface area contributed by atoms with Gasteiger partial charge in [0.2, 0.25) is 0 Å². The number of allylic oxidation sites excluding steroid dienone is 1. The Kier molecular flexibility index (Phi) is 4.45. The third-order valence-corrected chi connectivity index (χ3v) is 1.18. The van der Waals surface area contributed by atoms with Gasteiger partial charge in [-0.25, -0.2) is 0 Å². The highest BCUT2D eigenvalue weighted by atomic mass is 16.6. The summed E-state index contributed by atoms with van der Waals surface area (Å²) in [5.41, 5.74) is 10.1. The number of rotatable bonds is 4. The minimum atomic E-state index is -0.703.